The number of hydrogen-bond acceptors (Lipinski definition) is 3. The number of aliphatic hydroxyl groups excluding tert-OH is 1. The van der Waals surface area contributed by atoms with Gasteiger partial charge in [0.05, 0.1) is 0 Å². The molecule has 2 aliphatic carbocycles. The maximum absolute atomic E-state index is 12.4. The predicted octanol–water partition coefficient (Wildman–Crippen LogP) is 2.60. The summed E-state index contributed by atoms with van der Waals surface area (Å²) in [6.07, 6.45) is 5.75. The summed E-state index contributed by atoms with van der Waals surface area (Å²) in [5.41, 5.74) is 3.42. The molecular weight excluding hydrogens is 302 g/mol. The molecule has 1 aromatic carbocycles. The molecule has 0 spiro atoms. The van der Waals surface area contributed by atoms with E-state index in [1.165, 1.54) is 24.1 Å². The van der Waals surface area contributed by atoms with Crippen molar-refractivity contribution >= 4 is 17.4 Å². The molecule has 24 heavy (non-hydrogen) atoms. The van der Waals surface area contributed by atoms with Crippen molar-refractivity contribution < 1.29 is 9.90 Å². The number of rotatable bonds is 3. The van der Waals surface area contributed by atoms with Crippen LogP contribution in [0.25, 0.3) is 0 Å². The van der Waals surface area contributed by atoms with E-state index in [9.17, 15) is 9.90 Å². The summed E-state index contributed by atoms with van der Waals surface area (Å²) in [6, 6.07) is 6.14. The molecule has 2 bridgehead atoms. The summed E-state index contributed by atoms with van der Waals surface area (Å²) in [6.45, 7) is 1.27. The van der Waals surface area contributed by atoms with Crippen molar-refractivity contribution in [3.8, 4) is 0 Å². The molecule has 5 nitrogen and oxygen atoms in total. The summed E-state index contributed by atoms with van der Waals surface area (Å²) >= 11 is 0. The molecule has 3 aliphatic rings. The Morgan fingerprint density at radius 2 is 2.17 bits per heavy atom. The van der Waals surface area contributed by atoms with Crippen LogP contribution in [0.15, 0.2) is 18.2 Å². The SMILES string of the molecule is CN1CCCc2cc(NC(=O)NC3C4CCC(C4)C3CO)ccc21. The number of nitrogens with one attached hydrogen (secondary N) is 2. The van der Waals surface area contributed by atoms with Crippen LogP contribution in [0.1, 0.15) is 31.2 Å². The summed E-state index contributed by atoms with van der Waals surface area (Å²) in [4.78, 5) is 14.7. The van der Waals surface area contributed by atoms with Gasteiger partial charge >= 0.3 is 6.03 Å². The Morgan fingerprint density at radius 3 is 3.00 bits per heavy atom. The molecule has 2 saturated carbocycles. The minimum Gasteiger partial charge on any atom is -0.396 e. The van der Waals surface area contributed by atoms with E-state index in [4.69, 9.17) is 0 Å². The smallest absolute Gasteiger partial charge is 0.319 e. The zero-order valence-corrected chi connectivity index (χ0v) is 14.3. The fraction of sp³-hybridized carbons (Fsp3) is 0.632. The number of nitrogens with zero attached hydrogens (tertiary/aromatic N) is 1. The first-order valence-electron chi connectivity index (χ1n) is 9.18. The maximum atomic E-state index is 12.4. The van der Waals surface area contributed by atoms with E-state index >= 15 is 0 Å². The number of carbonyl (C=O) groups is 1. The minimum absolute atomic E-state index is 0.123. The van der Waals surface area contributed by atoms with E-state index in [0.717, 1.165) is 31.5 Å². The van der Waals surface area contributed by atoms with Crippen LogP contribution in [0.5, 0.6) is 0 Å². The average Bonchev–Trinajstić information content (AvgIpc) is 3.16. The van der Waals surface area contributed by atoms with Crippen molar-refractivity contribution in [1.29, 1.82) is 0 Å². The van der Waals surface area contributed by atoms with Crippen LogP contribution in [-0.2, 0) is 6.42 Å². The zero-order chi connectivity index (χ0) is 16.7. The van der Waals surface area contributed by atoms with Crippen LogP contribution in [0.3, 0.4) is 0 Å². The van der Waals surface area contributed by atoms with E-state index in [1.807, 2.05) is 6.07 Å². The highest BCUT2D eigenvalue weighted by molar-refractivity contribution is 5.90. The van der Waals surface area contributed by atoms with Crippen LogP contribution in [-0.4, -0.2) is 37.4 Å². The van der Waals surface area contributed by atoms with E-state index in [-0.39, 0.29) is 24.6 Å². The Hall–Kier alpha value is -1.75. The van der Waals surface area contributed by atoms with Crippen LogP contribution < -0.4 is 15.5 Å². The first-order valence-corrected chi connectivity index (χ1v) is 9.18. The molecule has 4 rings (SSSR count). The molecule has 1 heterocycles. The zero-order valence-electron chi connectivity index (χ0n) is 14.3. The molecular formula is C19H27N3O2. The average molecular weight is 329 g/mol. The molecule has 4 atom stereocenters. The Labute approximate surface area is 143 Å². The summed E-state index contributed by atoms with van der Waals surface area (Å²) in [5, 5.41) is 15.8. The fourth-order valence-corrected chi connectivity index (χ4v) is 5.08. The fourth-order valence-electron chi connectivity index (χ4n) is 5.08. The minimum atomic E-state index is -0.143. The first kappa shape index (κ1) is 15.8. The van der Waals surface area contributed by atoms with Gasteiger partial charge in [0, 0.05) is 43.5 Å². The van der Waals surface area contributed by atoms with Crippen molar-refractivity contribution in [3.05, 3.63) is 23.8 Å². The maximum Gasteiger partial charge on any atom is 0.319 e. The highest BCUT2D eigenvalue weighted by Crippen LogP contribution is 2.48. The molecule has 0 saturated heterocycles. The molecule has 0 aromatic heterocycles. The second-order valence-corrected chi connectivity index (χ2v) is 7.67. The topological polar surface area (TPSA) is 64.6 Å². The number of amides is 2. The van der Waals surface area contributed by atoms with Crippen molar-refractivity contribution in [3.63, 3.8) is 0 Å². The third kappa shape index (κ3) is 2.75. The highest BCUT2D eigenvalue weighted by Gasteiger charge is 2.47. The van der Waals surface area contributed by atoms with E-state index in [2.05, 4.69) is 34.7 Å². The Kier molecular flexibility index (Phi) is 4.12. The lowest BCUT2D eigenvalue weighted by Crippen LogP contribution is -2.46. The van der Waals surface area contributed by atoms with Gasteiger partial charge in [-0.05, 0) is 67.7 Å². The van der Waals surface area contributed by atoms with Crippen LogP contribution in [0, 0.1) is 17.8 Å². The van der Waals surface area contributed by atoms with Gasteiger partial charge < -0.3 is 20.6 Å². The normalized spacial score (nSPS) is 31.0. The van der Waals surface area contributed by atoms with Gasteiger partial charge in [0.2, 0.25) is 0 Å². The molecule has 5 heteroatoms. The van der Waals surface area contributed by atoms with Crippen LogP contribution in [0.4, 0.5) is 16.2 Å². The van der Waals surface area contributed by atoms with Crippen molar-refractivity contribution in [2.24, 2.45) is 17.8 Å². The van der Waals surface area contributed by atoms with Gasteiger partial charge in [-0.25, -0.2) is 4.79 Å². The number of hydrogen-bond donors (Lipinski definition) is 3. The standard InChI is InChI=1S/C19H27N3O2/c1-22-8-2-3-13-10-15(6-7-17(13)22)20-19(24)21-18-14-5-4-12(9-14)16(18)11-23/h6-7,10,12,14,16,18,23H,2-5,8-9,11H2,1H3,(H2,20,21,24). The molecule has 2 amide bonds. The monoisotopic (exact) mass is 329 g/mol. The number of carbonyl (C=O) groups excluding carboxylic acids is 1. The van der Waals surface area contributed by atoms with Crippen molar-refractivity contribution in [2.45, 2.75) is 38.1 Å². The van der Waals surface area contributed by atoms with Gasteiger partial charge in [0.15, 0.2) is 0 Å². The molecule has 1 aromatic rings. The summed E-state index contributed by atoms with van der Waals surface area (Å²) in [7, 11) is 2.11. The Balaban J connectivity index is 1.41. The van der Waals surface area contributed by atoms with Gasteiger partial charge in [-0.1, -0.05) is 0 Å². The van der Waals surface area contributed by atoms with Crippen molar-refractivity contribution in [1.82, 2.24) is 5.32 Å². The van der Waals surface area contributed by atoms with Gasteiger partial charge in [-0.3, -0.25) is 0 Å². The first-order chi connectivity index (χ1) is 11.7. The van der Waals surface area contributed by atoms with Gasteiger partial charge in [0.25, 0.3) is 0 Å². The molecule has 0 radical (unpaired) electrons. The third-order valence-electron chi connectivity index (χ3n) is 6.29. The lowest BCUT2D eigenvalue weighted by molar-refractivity contribution is 0.146. The van der Waals surface area contributed by atoms with Gasteiger partial charge in [0.1, 0.15) is 0 Å². The molecule has 2 fully saturated rings. The number of fused-ring (bicyclic) bond motifs is 3. The van der Waals surface area contributed by atoms with E-state index < -0.39 is 0 Å². The number of aryl methyl sites for hydroxylation is 1. The van der Waals surface area contributed by atoms with Crippen molar-refractivity contribution in [2.75, 3.05) is 30.4 Å². The molecule has 130 valence electrons. The number of anilines is 2. The predicted molar refractivity (Wildman–Crippen MR) is 95.4 cm³/mol. The lowest BCUT2D eigenvalue weighted by atomic mass is 9.85. The largest absolute Gasteiger partial charge is 0.396 e. The Morgan fingerprint density at radius 1 is 1.33 bits per heavy atom. The second-order valence-electron chi connectivity index (χ2n) is 7.67. The molecule has 3 N–H and O–H groups in total. The third-order valence-corrected chi connectivity index (χ3v) is 6.29. The van der Waals surface area contributed by atoms with Crippen LogP contribution in [0.2, 0.25) is 0 Å². The summed E-state index contributed by atoms with van der Waals surface area (Å²) in [5.74, 6) is 1.35. The molecule has 4 unspecified atom stereocenters. The van der Waals surface area contributed by atoms with E-state index in [0.29, 0.717) is 11.8 Å². The van der Waals surface area contributed by atoms with Gasteiger partial charge in [-0.2, -0.15) is 0 Å². The van der Waals surface area contributed by atoms with Crippen LogP contribution >= 0.6 is 0 Å². The Bertz CT molecular complexity index is 633. The number of benzene rings is 1. The molecule has 1 aliphatic heterocycles. The highest BCUT2D eigenvalue weighted by atomic mass is 16.3. The summed E-state index contributed by atoms with van der Waals surface area (Å²) < 4.78 is 0. The van der Waals surface area contributed by atoms with E-state index in [1.54, 1.807) is 0 Å². The number of urea groups is 1. The second kappa shape index (κ2) is 6.28. The quantitative estimate of drug-likeness (QED) is 0.799. The van der Waals surface area contributed by atoms with Gasteiger partial charge in [-0.15, -0.1) is 0 Å². The number of aliphatic hydroxyl groups is 1. The lowest BCUT2D eigenvalue weighted by Gasteiger charge is -2.30.